The van der Waals surface area contributed by atoms with E-state index in [1.807, 2.05) is 13.1 Å². The van der Waals surface area contributed by atoms with Crippen LogP contribution >= 0.6 is 0 Å². The van der Waals surface area contributed by atoms with Crippen LogP contribution in [0.5, 0.6) is 17.2 Å². The molecule has 0 atom stereocenters. The number of hydrogen-bond donors (Lipinski definition) is 2. The van der Waals surface area contributed by atoms with Crippen molar-refractivity contribution in [1.29, 1.82) is 0 Å². The zero-order valence-corrected chi connectivity index (χ0v) is 7.33. The molecule has 2 N–H and O–H groups in total. The van der Waals surface area contributed by atoms with Gasteiger partial charge in [-0.1, -0.05) is 0 Å². The lowest BCUT2D eigenvalue weighted by Gasteiger charge is -2.03. The van der Waals surface area contributed by atoms with Crippen molar-refractivity contribution in [3.8, 4) is 17.2 Å². The van der Waals surface area contributed by atoms with Gasteiger partial charge in [0.05, 0.1) is 0 Å². The molecule has 4 heteroatoms. The van der Waals surface area contributed by atoms with E-state index in [1.165, 1.54) is 0 Å². The van der Waals surface area contributed by atoms with Gasteiger partial charge in [0.15, 0.2) is 11.5 Å². The molecule has 0 bridgehead atoms. The number of nitrogens with one attached hydrogen (secondary N) is 1. The highest BCUT2D eigenvalue weighted by atomic mass is 16.7. The molecule has 0 fully saturated rings. The standard InChI is InChI=1S/C9H11NO3/c1-10-4-6-2-7(11)9-8(3-6)12-5-13-9/h2-3,10-11H,4-5H2,1H3. The molecule has 2 rings (SSSR count). The van der Waals surface area contributed by atoms with Gasteiger partial charge in [-0.05, 0) is 24.7 Å². The van der Waals surface area contributed by atoms with Crippen molar-refractivity contribution in [2.75, 3.05) is 13.8 Å². The van der Waals surface area contributed by atoms with Gasteiger partial charge in [-0.25, -0.2) is 0 Å². The smallest absolute Gasteiger partial charge is 0.231 e. The Hall–Kier alpha value is -1.42. The number of fused-ring (bicyclic) bond motifs is 1. The number of phenolic OH excluding ortho intramolecular Hbond substituents is 1. The lowest BCUT2D eigenvalue weighted by Crippen LogP contribution is -2.04. The fourth-order valence-electron chi connectivity index (χ4n) is 1.35. The second-order valence-electron chi connectivity index (χ2n) is 2.88. The first-order chi connectivity index (χ1) is 6.31. The Bertz CT molecular complexity index is 325. The van der Waals surface area contributed by atoms with Gasteiger partial charge < -0.3 is 19.9 Å². The van der Waals surface area contributed by atoms with Crippen LogP contribution in [0.3, 0.4) is 0 Å². The highest BCUT2D eigenvalue weighted by Gasteiger charge is 2.18. The lowest BCUT2D eigenvalue weighted by molar-refractivity contribution is 0.171. The molecular formula is C9H11NO3. The van der Waals surface area contributed by atoms with Crippen LogP contribution in [0.4, 0.5) is 0 Å². The van der Waals surface area contributed by atoms with Crippen LogP contribution in [-0.4, -0.2) is 18.9 Å². The molecule has 4 nitrogen and oxygen atoms in total. The number of ether oxygens (including phenoxy) is 2. The summed E-state index contributed by atoms with van der Waals surface area (Å²) in [6.45, 7) is 0.885. The molecule has 0 saturated heterocycles. The van der Waals surface area contributed by atoms with E-state index in [0.717, 1.165) is 5.56 Å². The van der Waals surface area contributed by atoms with Gasteiger partial charge in [-0.3, -0.25) is 0 Å². The van der Waals surface area contributed by atoms with Crippen LogP contribution in [0.2, 0.25) is 0 Å². The van der Waals surface area contributed by atoms with Crippen molar-refractivity contribution in [3.05, 3.63) is 17.7 Å². The van der Waals surface area contributed by atoms with E-state index >= 15 is 0 Å². The Kier molecular flexibility index (Phi) is 1.98. The normalized spacial score (nSPS) is 13.3. The average molecular weight is 181 g/mol. The molecule has 70 valence electrons. The molecule has 0 unspecified atom stereocenters. The predicted octanol–water partition coefficient (Wildman–Crippen LogP) is 0.840. The first-order valence-electron chi connectivity index (χ1n) is 4.07. The molecule has 1 aromatic carbocycles. The summed E-state index contributed by atoms with van der Waals surface area (Å²) in [7, 11) is 1.85. The summed E-state index contributed by atoms with van der Waals surface area (Å²) in [5, 5.41) is 12.5. The highest BCUT2D eigenvalue weighted by Crippen LogP contribution is 2.40. The highest BCUT2D eigenvalue weighted by molar-refractivity contribution is 5.54. The Morgan fingerprint density at radius 3 is 3.08 bits per heavy atom. The van der Waals surface area contributed by atoms with Gasteiger partial charge in [-0.15, -0.1) is 0 Å². The maximum atomic E-state index is 9.51. The van der Waals surface area contributed by atoms with Gasteiger partial charge in [0.2, 0.25) is 12.5 Å². The summed E-state index contributed by atoms with van der Waals surface area (Å²) < 4.78 is 10.2. The minimum absolute atomic E-state index is 0.139. The number of phenols is 1. The SMILES string of the molecule is CNCc1cc(O)c2c(c1)OCO2. The zero-order chi connectivity index (χ0) is 9.26. The Balaban J connectivity index is 2.37. The molecular weight excluding hydrogens is 170 g/mol. The number of rotatable bonds is 2. The van der Waals surface area contributed by atoms with Crippen molar-refractivity contribution in [2.45, 2.75) is 6.54 Å². The molecule has 0 spiro atoms. The fourth-order valence-corrected chi connectivity index (χ4v) is 1.35. The summed E-state index contributed by atoms with van der Waals surface area (Å²) in [5.74, 6) is 1.20. The van der Waals surface area contributed by atoms with E-state index in [9.17, 15) is 5.11 Å². The van der Waals surface area contributed by atoms with E-state index < -0.39 is 0 Å². The Morgan fingerprint density at radius 1 is 1.46 bits per heavy atom. The summed E-state index contributed by atoms with van der Waals surface area (Å²) in [5.41, 5.74) is 0.976. The van der Waals surface area contributed by atoms with E-state index in [-0.39, 0.29) is 12.5 Å². The molecule has 0 amide bonds. The van der Waals surface area contributed by atoms with Crippen LogP contribution < -0.4 is 14.8 Å². The van der Waals surface area contributed by atoms with E-state index in [2.05, 4.69) is 5.32 Å². The molecule has 1 aliphatic rings. The van der Waals surface area contributed by atoms with Crippen molar-refractivity contribution in [1.82, 2.24) is 5.32 Å². The molecule has 0 saturated carbocycles. The van der Waals surface area contributed by atoms with Gasteiger partial charge in [0.25, 0.3) is 0 Å². The lowest BCUT2D eigenvalue weighted by atomic mass is 10.2. The van der Waals surface area contributed by atoms with E-state index in [1.54, 1.807) is 6.07 Å². The maximum absolute atomic E-state index is 9.51. The topological polar surface area (TPSA) is 50.7 Å². The van der Waals surface area contributed by atoms with Crippen LogP contribution in [0.1, 0.15) is 5.56 Å². The number of benzene rings is 1. The van der Waals surface area contributed by atoms with Crippen molar-refractivity contribution < 1.29 is 14.6 Å². The predicted molar refractivity (Wildman–Crippen MR) is 47.0 cm³/mol. The summed E-state index contributed by atoms with van der Waals surface area (Å²) in [4.78, 5) is 0. The third-order valence-corrected chi connectivity index (χ3v) is 1.89. The van der Waals surface area contributed by atoms with Gasteiger partial charge in [0, 0.05) is 6.54 Å². The molecule has 1 aliphatic heterocycles. The molecule has 13 heavy (non-hydrogen) atoms. The van der Waals surface area contributed by atoms with Crippen molar-refractivity contribution in [3.63, 3.8) is 0 Å². The molecule has 1 heterocycles. The Morgan fingerprint density at radius 2 is 2.31 bits per heavy atom. The van der Waals surface area contributed by atoms with E-state index in [0.29, 0.717) is 18.0 Å². The first-order valence-corrected chi connectivity index (χ1v) is 4.07. The molecule has 0 aliphatic carbocycles. The molecule has 1 aromatic rings. The van der Waals surface area contributed by atoms with Crippen LogP contribution in [0.25, 0.3) is 0 Å². The van der Waals surface area contributed by atoms with Gasteiger partial charge >= 0.3 is 0 Å². The second kappa shape index (κ2) is 3.14. The monoisotopic (exact) mass is 181 g/mol. The summed E-state index contributed by atoms with van der Waals surface area (Å²) in [6.07, 6.45) is 0. The largest absolute Gasteiger partial charge is 0.504 e. The molecule has 0 radical (unpaired) electrons. The summed E-state index contributed by atoms with van der Waals surface area (Å²) >= 11 is 0. The van der Waals surface area contributed by atoms with Crippen LogP contribution in [0.15, 0.2) is 12.1 Å². The maximum Gasteiger partial charge on any atom is 0.231 e. The summed E-state index contributed by atoms with van der Waals surface area (Å²) in [6, 6.07) is 3.53. The second-order valence-corrected chi connectivity index (χ2v) is 2.88. The number of aromatic hydroxyl groups is 1. The average Bonchev–Trinajstić information content (AvgIpc) is 2.53. The van der Waals surface area contributed by atoms with Gasteiger partial charge in [0.1, 0.15) is 0 Å². The van der Waals surface area contributed by atoms with Crippen molar-refractivity contribution in [2.24, 2.45) is 0 Å². The first kappa shape index (κ1) is 8.19. The van der Waals surface area contributed by atoms with Gasteiger partial charge in [-0.2, -0.15) is 0 Å². The third-order valence-electron chi connectivity index (χ3n) is 1.89. The van der Waals surface area contributed by atoms with Crippen molar-refractivity contribution >= 4 is 0 Å². The minimum Gasteiger partial charge on any atom is -0.504 e. The van der Waals surface area contributed by atoms with Crippen LogP contribution in [-0.2, 0) is 6.54 Å². The zero-order valence-electron chi connectivity index (χ0n) is 7.33. The molecule has 0 aromatic heterocycles. The fraction of sp³-hybridized carbons (Fsp3) is 0.333. The van der Waals surface area contributed by atoms with E-state index in [4.69, 9.17) is 9.47 Å². The third kappa shape index (κ3) is 1.40. The number of hydrogen-bond acceptors (Lipinski definition) is 4. The minimum atomic E-state index is 0.139. The quantitative estimate of drug-likeness (QED) is 0.709. The van der Waals surface area contributed by atoms with Crippen LogP contribution in [0, 0.1) is 0 Å². The Labute approximate surface area is 76.1 Å².